The molecule has 2 aromatic carbocycles. The number of nitrogens with one attached hydrogen (secondary N) is 1. The van der Waals surface area contributed by atoms with Crippen LogP contribution >= 0.6 is 0 Å². The predicted molar refractivity (Wildman–Crippen MR) is 119 cm³/mol. The highest BCUT2D eigenvalue weighted by molar-refractivity contribution is 5.87. The second-order valence-corrected chi connectivity index (χ2v) is 7.16. The minimum atomic E-state index is -1.10. The molecule has 11 heteroatoms. The van der Waals surface area contributed by atoms with Crippen molar-refractivity contribution in [3.63, 3.8) is 0 Å². The van der Waals surface area contributed by atoms with Crippen LogP contribution in [0, 0.1) is 0 Å². The van der Waals surface area contributed by atoms with Gasteiger partial charge in [-0.05, 0) is 28.8 Å². The highest BCUT2D eigenvalue weighted by Gasteiger charge is 2.19. The standard InChI is InChI=1S/C23H22N6O5/c1-3-32-23(31)34-15(2)33-22(30)20-12-24-14-29(20)13-16-8-10-17(11-9-16)18-6-4-5-7-19(18)21-25-27-28-26-21/h4-12,14-15H,3,13H2,1-2H3,(H,25,26,27,28). The normalized spacial score (nSPS) is 11.6. The summed E-state index contributed by atoms with van der Waals surface area (Å²) in [4.78, 5) is 28.0. The van der Waals surface area contributed by atoms with Gasteiger partial charge in [0.25, 0.3) is 0 Å². The number of hydrogen-bond acceptors (Lipinski definition) is 9. The summed E-state index contributed by atoms with van der Waals surface area (Å²) in [7, 11) is 0. The zero-order valence-corrected chi connectivity index (χ0v) is 18.5. The Labute approximate surface area is 194 Å². The molecule has 0 aliphatic carbocycles. The van der Waals surface area contributed by atoms with Crippen LogP contribution in [0.25, 0.3) is 22.5 Å². The lowest BCUT2D eigenvalue weighted by molar-refractivity contribution is -0.0815. The molecule has 1 unspecified atom stereocenters. The van der Waals surface area contributed by atoms with Crippen LogP contribution in [0.5, 0.6) is 0 Å². The third-order valence-electron chi connectivity index (χ3n) is 4.85. The Morgan fingerprint density at radius 2 is 1.82 bits per heavy atom. The number of carbonyl (C=O) groups excluding carboxylic acids is 2. The van der Waals surface area contributed by atoms with E-state index >= 15 is 0 Å². The molecule has 11 nitrogen and oxygen atoms in total. The molecule has 1 atom stereocenters. The zero-order valence-electron chi connectivity index (χ0n) is 18.5. The van der Waals surface area contributed by atoms with Gasteiger partial charge in [-0.25, -0.2) is 14.6 Å². The number of aromatic amines is 1. The van der Waals surface area contributed by atoms with Gasteiger partial charge in [-0.2, -0.15) is 5.21 Å². The van der Waals surface area contributed by atoms with Crippen molar-refractivity contribution in [1.29, 1.82) is 0 Å². The molecule has 0 aliphatic rings. The van der Waals surface area contributed by atoms with Crippen molar-refractivity contribution in [2.75, 3.05) is 6.61 Å². The quantitative estimate of drug-likeness (QED) is 0.308. The average molecular weight is 462 g/mol. The molecule has 0 aliphatic heterocycles. The van der Waals surface area contributed by atoms with Crippen molar-refractivity contribution >= 4 is 12.1 Å². The molecular weight excluding hydrogens is 440 g/mol. The first kappa shape index (κ1) is 22.6. The Morgan fingerprint density at radius 1 is 1.06 bits per heavy atom. The number of aromatic nitrogens is 6. The molecule has 0 spiro atoms. The molecule has 0 saturated heterocycles. The van der Waals surface area contributed by atoms with Gasteiger partial charge < -0.3 is 18.8 Å². The fourth-order valence-electron chi connectivity index (χ4n) is 3.33. The molecule has 2 aromatic heterocycles. The summed E-state index contributed by atoms with van der Waals surface area (Å²) in [5.74, 6) is -0.151. The molecular formula is C23H22N6O5. The lowest BCUT2D eigenvalue weighted by Crippen LogP contribution is -2.23. The lowest BCUT2D eigenvalue weighted by Gasteiger charge is -2.14. The number of rotatable bonds is 8. The van der Waals surface area contributed by atoms with E-state index in [1.165, 1.54) is 19.4 Å². The van der Waals surface area contributed by atoms with Crippen LogP contribution < -0.4 is 0 Å². The van der Waals surface area contributed by atoms with Crippen LogP contribution in [-0.4, -0.2) is 55.2 Å². The van der Waals surface area contributed by atoms with E-state index < -0.39 is 18.4 Å². The van der Waals surface area contributed by atoms with Crippen LogP contribution in [0.3, 0.4) is 0 Å². The van der Waals surface area contributed by atoms with Crippen molar-refractivity contribution in [2.45, 2.75) is 26.7 Å². The molecule has 0 saturated carbocycles. The second kappa shape index (κ2) is 10.4. The van der Waals surface area contributed by atoms with Crippen LogP contribution in [0.1, 0.15) is 29.9 Å². The van der Waals surface area contributed by atoms with E-state index in [1.807, 2.05) is 48.5 Å². The van der Waals surface area contributed by atoms with E-state index in [0.717, 1.165) is 22.3 Å². The van der Waals surface area contributed by atoms with E-state index in [9.17, 15) is 9.59 Å². The molecule has 2 heterocycles. The molecule has 4 rings (SSSR count). The van der Waals surface area contributed by atoms with Crippen molar-refractivity contribution in [2.24, 2.45) is 0 Å². The zero-order chi connectivity index (χ0) is 23.9. The van der Waals surface area contributed by atoms with Gasteiger partial charge in [0.05, 0.1) is 19.1 Å². The van der Waals surface area contributed by atoms with Crippen LogP contribution in [-0.2, 0) is 20.8 Å². The number of ether oxygens (including phenoxy) is 3. The van der Waals surface area contributed by atoms with E-state index in [2.05, 4.69) is 30.3 Å². The van der Waals surface area contributed by atoms with E-state index in [1.54, 1.807) is 11.5 Å². The number of carbonyl (C=O) groups is 2. The summed E-state index contributed by atoms with van der Waals surface area (Å²) < 4.78 is 16.4. The first-order valence-electron chi connectivity index (χ1n) is 10.5. The summed E-state index contributed by atoms with van der Waals surface area (Å²) in [5, 5.41) is 14.3. The number of hydrogen-bond donors (Lipinski definition) is 1. The van der Waals surface area contributed by atoms with Gasteiger partial charge in [-0.1, -0.05) is 48.5 Å². The molecule has 174 valence electrons. The van der Waals surface area contributed by atoms with Crippen molar-refractivity contribution in [3.8, 4) is 22.5 Å². The fraction of sp³-hybridized carbons (Fsp3) is 0.217. The smallest absolute Gasteiger partial charge is 0.435 e. The number of imidazole rings is 1. The monoisotopic (exact) mass is 462 g/mol. The van der Waals surface area contributed by atoms with Crippen LogP contribution in [0.2, 0.25) is 0 Å². The fourth-order valence-corrected chi connectivity index (χ4v) is 3.33. The SMILES string of the molecule is CCOC(=O)OC(C)OC(=O)c1cncn1Cc1ccc(-c2ccccc2-c2nn[nH]n2)cc1. The molecule has 0 fully saturated rings. The van der Waals surface area contributed by atoms with Crippen molar-refractivity contribution in [1.82, 2.24) is 30.2 Å². The van der Waals surface area contributed by atoms with Crippen molar-refractivity contribution in [3.05, 3.63) is 72.3 Å². The van der Waals surface area contributed by atoms with Gasteiger partial charge in [0, 0.05) is 19.0 Å². The Bertz CT molecular complexity index is 1250. The van der Waals surface area contributed by atoms with Gasteiger partial charge >= 0.3 is 12.1 Å². The first-order chi connectivity index (χ1) is 16.5. The minimum Gasteiger partial charge on any atom is -0.435 e. The van der Waals surface area contributed by atoms with Gasteiger partial charge in [0.1, 0.15) is 5.69 Å². The molecule has 0 radical (unpaired) electrons. The maximum absolute atomic E-state index is 12.5. The molecule has 4 aromatic rings. The summed E-state index contributed by atoms with van der Waals surface area (Å²) >= 11 is 0. The van der Waals surface area contributed by atoms with E-state index in [0.29, 0.717) is 12.4 Å². The largest absolute Gasteiger partial charge is 0.511 e. The maximum Gasteiger partial charge on any atom is 0.511 e. The Kier molecular flexibility index (Phi) is 6.92. The third-order valence-corrected chi connectivity index (χ3v) is 4.85. The van der Waals surface area contributed by atoms with Crippen molar-refractivity contribution < 1.29 is 23.8 Å². The summed E-state index contributed by atoms with van der Waals surface area (Å²) in [5.41, 5.74) is 3.99. The van der Waals surface area contributed by atoms with E-state index in [4.69, 9.17) is 9.47 Å². The number of H-pyrrole nitrogens is 1. The minimum absolute atomic E-state index is 0.160. The van der Waals surface area contributed by atoms with Gasteiger partial charge in [-0.15, -0.1) is 10.2 Å². The molecule has 34 heavy (non-hydrogen) atoms. The summed E-state index contributed by atoms with van der Waals surface area (Å²) in [6, 6.07) is 15.7. The molecule has 0 amide bonds. The molecule has 1 N–H and O–H groups in total. The van der Waals surface area contributed by atoms with E-state index in [-0.39, 0.29) is 12.3 Å². The highest BCUT2D eigenvalue weighted by Crippen LogP contribution is 2.29. The average Bonchev–Trinajstić information content (AvgIpc) is 3.52. The highest BCUT2D eigenvalue weighted by atomic mass is 16.8. The second-order valence-electron chi connectivity index (χ2n) is 7.16. The summed E-state index contributed by atoms with van der Waals surface area (Å²) in [6.45, 7) is 3.63. The Hall–Kier alpha value is -4.54. The van der Waals surface area contributed by atoms with Crippen LogP contribution in [0.15, 0.2) is 61.1 Å². The first-order valence-corrected chi connectivity index (χ1v) is 10.5. The maximum atomic E-state index is 12.5. The Balaban J connectivity index is 1.45. The van der Waals surface area contributed by atoms with Gasteiger partial charge in [0.15, 0.2) is 0 Å². The van der Waals surface area contributed by atoms with Crippen LogP contribution in [0.4, 0.5) is 4.79 Å². The Morgan fingerprint density at radius 3 is 2.53 bits per heavy atom. The number of benzene rings is 2. The lowest BCUT2D eigenvalue weighted by atomic mass is 9.98. The number of tetrazole rings is 1. The van der Waals surface area contributed by atoms with Gasteiger partial charge in [0.2, 0.25) is 12.1 Å². The topological polar surface area (TPSA) is 134 Å². The number of esters is 1. The summed E-state index contributed by atoms with van der Waals surface area (Å²) in [6.07, 6.45) is 0.924. The molecule has 0 bridgehead atoms. The van der Waals surface area contributed by atoms with Gasteiger partial charge in [-0.3, -0.25) is 0 Å². The predicted octanol–water partition coefficient (Wildman–Crippen LogP) is 3.45. The number of nitrogens with zero attached hydrogens (tertiary/aromatic N) is 5. The third kappa shape index (κ3) is 5.26.